The molecule has 2 aromatic rings. The minimum atomic E-state index is -2.40. The van der Waals surface area contributed by atoms with E-state index >= 15 is 8.78 Å². The summed E-state index contributed by atoms with van der Waals surface area (Å²) in [6.07, 6.45) is -0.701. The number of aliphatic hydroxyl groups excluding tert-OH is 2. The number of rotatable bonds is 13. The first-order chi connectivity index (χ1) is 31.2. The Morgan fingerprint density at radius 2 is 1.62 bits per heavy atom. The number of hydrogen-bond acceptors (Lipinski definition) is 13. The van der Waals surface area contributed by atoms with Crippen LogP contribution < -0.4 is 20.7 Å². The number of carbonyl (C=O) groups is 7. The van der Waals surface area contributed by atoms with Crippen LogP contribution >= 0.6 is 0 Å². The first-order valence-electron chi connectivity index (χ1n) is 21.7. The Labute approximate surface area is 377 Å². The maximum atomic E-state index is 17.7. The summed E-state index contributed by atoms with van der Waals surface area (Å²) in [6.45, 7) is 4.90. The van der Waals surface area contributed by atoms with E-state index in [1.54, 1.807) is 6.92 Å². The van der Waals surface area contributed by atoms with Crippen molar-refractivity contribution in [3.05, 3.63) is 84.0 Å². The molecule has 0 aromatic heterocycles. The van der Waals surface area contributed by atoms with Gasteiger partial charge in [-0.2, -0.15) is 0 Å². The van der Waals surface area contributed by atoms with E-state index in [9.17, 15) is 48.9 Å². The van der Waals surface area contributed by atoms with E-state index in [2.05, 4.69) is 16.0 Å². The largest absolute Gasteiger partial charge is 0.504 e. The highest BCUT2D eigenvalue weighted by atomic mass is 19.1. The maximum Gasteiger partial charge on any atom is 0.253 e. The predicted octanol–water partition coefficient (Wildman–Crippen LogP) is 3.09. The molecular weight excluding hydrogens is 867 g/mol. The number of carbonyl (C=O) groups excluding carboxylic acids is 7. The molecule has 350 valence electrons. The molecule has 6 aliphatic rings. The number of nitrogens with zero attached hydrogens (tertiary/aromatic N) is 1. The van der Waals surface area contributed by atoms with Gasteiger partial charge in [0, 0.05) is 53.1 Å². The van der Waals surface area contributed by atoms with Crippen molar-refractivity contribution in [1.29, 1.82) is 0 Å². The Morgan fingerprint density at radius 3 is 2.29 bits per heavy atom. The minimum absolute atomic E-state index is 0.0163. The van der Waals surface area contributed by atoms with Crippen LogP contribution in [0.5, 0.6) is 17.2 Å². The van der Waals surface area contributed by atoms with Crippen molar-refractivity contribution in [2.75, 3.05) is 18.5 Å². The van der Waals surface area contributed by atoms with Crippen LogP contribution in [-0.2, 0) is 43.0 Å². The van der Waals surface area contributed by atoms with Gasteiger partial charge in [-0.05, 0) is 106 Å². The number of phenolic OH excluding ortho intramolecular Hbond substituents is 1. The molecular formula is C47H50F2N4O13. The Morgan fingerprint density at radius 1 is 0.939 bits per heavy atom. The highest BCUT2D eigenvalue weighted by Crippen LogP contribution is 2.72. The quantitative estimate of drug-likeness (QED) is 0.159. The maximum absolute atomic E-state index is 17.7. The Hall–Kier alpha value is -6.15. The van der Waals surface area contributed by atoms with Crippen LogP contribution in [-0.4, -0.2) is 116 Å². The third-order valence-electron chi connectivity index (χ3n) is 14.5. The number of Topliss-reactive ketones (excluding diaryl/α,β-unsaturated/α-hetero) is 1. The molecule has 19 heteroatoms. The van der Waals surface area contributed by atoms with Gasteiger partial charge in [0.2, 0.25) is 17.7 Å². The van der Waals surface area contributed by atoms with E-state index in [1.807, 2.05) is 0 Å². The number of alkyl halides is 2. The molecule has 2 heterocycles. The molecule has 1 saturated heterocycles. The molecule has 0 radical (unpaired) electrons. The fourth-order valence-electron chi connectivity index (χ4n) is 11.1. The molecule has 4 fully saturated rings. The van der Waals surface area contributed by atoms with Gasteiger partial charge >= 0.3 is 0 Å². The average molecular weight is 917 g/mol. The van der Waals surface area contributed by atoms with Gasteiger partial charge in [0.15, 0.2) is 40.6 Å². The van der Waals surface area contributed by atoms with Gasteiger partial charge in [0.05, 0.1) is 12.2 Å². The van der Waals surface area contributed by atoms with Gasteiger partial charge in [0.1, 0.15) is 30.6 Å². The van der Waals surface area contributed by atoms with Crippen LogP contribution in [0.2, 0.25) is 0 Å². The summed E-state index contributed by atoms with van der Waals surface area (Å²) in [7, 11) is 0. The van der Waals surface area contributed by atoms with E-state index in [0.29, 0.717) is 5.69 Å². The van der Waals surface area contributed by atoms with Crippen LogP contribution in [0, 0.1) is 22.7 Å². The smallest absolute Gasteiger partial charge is 0.253 e. The first kappa shape index (κ1) is 46.4. The summed E-state index contributed by atoms with van der Waals surface area (Å²) < 4.78 is 52.4. The molecule has 4 aliphatic carbocycles. The van der Waals surface area contributed by atoms with Gasteiger partial charge in [-0.15, -0.1) is 0 Å². The molecule has 3 saturated carbocycles. The van der Waals surface area contributed by atoms with Crippen molar-refractivity contribution in [2.45, 2.75) is 101 Å². The average Bonchev–Trinajstić information content (AvgIpc) is 3.90. The van der Waals surface area contributed by atoms with Crippen molar-refractivity contribution in [3.63, 3.8) is 0 Å². The molecule has 17 nitrogen and oxygen atoms in total. The fourth-order valence-corrected chi connectivity index (χ4v) is 11.1. The van der Waals surface area contributed by atoms with Gasteiger partial charge in [0.25, 0.3) is 11.8 Å². The number of amides is 5. The monoisotopic (exact) mass is 916 g/mol. The fraction of sp³-hybridized carbons (Fsp3) is 0.468. The highest BCUT2D eigenvalue weighted by molar-refractivity contribution is 6.13. The van der Waals surface area contributed by atoms with Crippen molar-refractivity contribution in [2.24, 2.45) is 22.7 Å². The predicted molar refractivity (Wildman–Crippen MR) is 226 cm³/mol. The van der Waals surface area contributed by atoms with E-state index in [1.165, 1.54) is 75.4 Å². The van der Waals surface area contributed by atoms with E-state index in [0.717, 1.165) is 23.1 Å². The molecule has 6 N–H and O–H groups in total. The second-order valence-electron chi connectivity index (χ2n) is 18.3. The standard InChI is InChI=1S/C47H50F2N4O13/c1-23(50-38(59)14-16-53-39(60)11-12-40(53)61)41(62)51-24(2)42(63)52-26-6-8-28(9-7-26)64-34-10-5-25(17-33(34)56)43-65-37-20-29-30-19-32(48)31-18-27(55)13-15-44(31,3)46(30,49)35(57)21-45(29,4)47(37,66-43)36(58)22-54/h5-13,15,17-18,23-24,29-30,32,35,37,43,54,56-57H,14,16,19-22H2,1-4H3,(H,50,59)(H,51,62)(H,52,63)/t23-,24-,29?,30-,32-,35-,37+,43+,44-,45-,46-,47+/m0/s1. The van der Waals surface area contributed by atoms with Crippen LogP contribution in [0.1, 0.15) is 65.2 Å². The summed E-state index contributed by atoms with van der Waals surface area (Å²) in [6, 6.07) is 8.29. The lowest BCUT2D eigenvalue weighted by Crippen LogP contribution is -2.70. The van der Waals surface area contributed by atoms with E-state index in [4.69, 9.17) is 14.2 Å². The number of hydrogen-bond donors (Lipinski definition) is 6. The van der Waals surface area contributed by atoms with Crippen LogP contribution in [0.4, 0.5) is 14.5 Å². The molecule has 2 aromatic carbocycles. The second kappa shape index (κ2) is 16.9. The number of ether oxygens (including phenoxy) is 3. The molecule has 5 amide bonds. The lowest BCUT2D eigenvalue weighted by molar-refractivity contribution is -0.235. The molecule has 1 unspecified atom stereocenters. The van der Waals surface area contributed by atoms with Gasteiger partial charge in [-0.1, -0.05) is 13.0 Å². The molecule has 66 heavy (non-hydrogen) atoms. The number of fused-ring (bicyclic) bond motifs is 7. The Balaban J connectivity index is 0.882. The number of ketones is 2. The number of nitrogens with one attached hydrogen (secondary N) is 3. The van der Waals surface area contributed by atoms with Crippen LogP contribution in [0.25, 0.3) is 0 Å². The minimum Gasteiger partial charge on any atom is -0.504 e. The number of anilines is 1. The van der Waals surface area contributed by atoms with Crippen LogP contribution in [0.3, 0.4) is 0 Å². The van der Waals surface area contributed by atoms with Crippen LogP contribution in [0.15, 0.2) is 78.4 Å². The van der Waals surface area contributed by atoms with Crippen molar-refractivity contribution in [3.8, 4) is 17.2 Å². The number of aliphatic hydroxyl groups is 2. The topological polar surface area (TPSA) is 247 Å². The lowest BCUT2D eigenvalue weighted by atomic mass is 9.44. The van der Waals surface area contributed by atoms with Crippen molar-refractivity contribution >= 4 is 46.8 Å². The SMILES string of the molecule is C[C@H](NC(=O)CCN1C(=O)C=CC1=O)C(=O)N[C@@H](C)C(=O)Nc1ccc(Oc2ccc([C@@H]3O[C@@H]4CC5[C@@H]6C[C@H](F)C7=CC(=O)C=C[C@]7(C)[C@@]6(F)[C@@H](O)C[C@]5(C)[C@]4(C(=O)CO)O3)cc2O)cc1. The van der Waals surface area contributed by atoms with Crippen molar-refractivity contribution < 1.29 is 71.9 Å². The number of halogens is 2. The summed E-state index contributed by atoms with van der Waals surface area (Å²) in [5.74, 6) is -5.99. The number of benzene rings is 2. The number of phenols is 1. The summed E-state index contributed by atoms with van der Waals surface area (Å²) in [5.41, 5.74) is -6.66. The third kappa shape index (κ3) is 7.41. The summed E-state index contributed by atoms with van der Waals surface area (Å²) in [5, 5.41) is 40.8. The molecule has 0 spiro atoms. The zero-order valence-electron chi connectivity index (χ0n) is 36.4. The summed E-state index contributed by atoms with van der Waals surface area (Å²) >= 11 is 0. The third-order valence-corrected chi connectivity index (χ3v) is 14.5. The Bertz CT molecular complexity index is 2480. The first-order valence-corrected chi connectivity index (χ1v) is 21.7. The zero-order chi connectivity index (χ0) is 47.7. The second-order valence-corrected chi connectivity index (χ2v) is 18.3. The van der Waals surface area contributed by atoms with Crippen molar-refractivity contribution in [1.82, 2.24) is 15.5 Å². The lowest BCUT2D eigenvalue weighted by Gasteiger charge is -2.63. The molecule has 8 rings (SSSR count). The Kier molecular flexibility index (Phi) is 11.9. The molecule has 12 atom stereocenters. The number of allylic oxidation sites excluding steroid dienone is 4. The van der Waals surface area contributed by atoms with Gasteiger partial charge in [-0.25, -0.2) is 8.78 Å². The van der Waals surface area contributed by atoms with E-state index < -0.39 is 118 Å². The highest BCUT2D eigenvalue weighted by Gasteiger charge is 2.80. The normalized spacial score (nSPS) is 33.8. The summed E-state index contributed by atoms with van der Waals surface area (Å²) in [4.78, 5) is 88.3. The number of imide groups is 1. The molecule has 2 aliphatic heterocycles. The zero-order valence-corrected chi connectivity index (χ0v) is 36.4. The van der Waals surface area contributed by atoms with Gasteiger partial charge < -0.3 is 45.5 Å². The number of aromatic hydroxyl groups is 1. The van der Waals surface area contributed by atoms with Gasteiger partial charge in [-0.3, -0.25) is 38.5 Å². The molecule has 0 bridgehead atoms. The van der Waals surface area contributed by atoms with E-state index in [-0.39, 0.29) is 60.6 Å².